The molecule has 0 atom stereocenters. The predicted octanol–water partition coefficient (Wildman–Crippen LogP) is 5.79. The largest absolute Gasteiger partial charge is 0.333 e. The molecule has 1 heterocycles. The molecule has 2 aromatic rings. The number of unbranched alkanes of at least 4 members (excludes halogenated alkanes) is 3. The Bertz CT molecular complexity index is 772. The minimum atomic E-state index is 0.0184. The third-order valence-corrected chi connectivity index (χ3v) is 6.15. The lowest BCUT2D eigenvalue weighted by atomic mass is 10.1. The molecule has 0 fully saturated rings. The second kappa shape index (κ2) is 13.2. The highest BCUT2D eigenvalue weighted by molar-refractivity contribution is 7.11. The van der Waals surface area contributed by atoms with E-state index < -0.39 is 0 Å². The number of aryl methyl sites for hydroxylation is 1. The van der Waals surface area contributed by atoms with Crippen LogP contribution in [0.5, 0.6) is 0 Å². The Morgan fingerprint density at radius 2 is 1.57 bits per heavy atom. The van der Waals surface area contributed by atoms with Crippen LogP contribution in [0, 0.1) is 6.92 Å². The molecule has 1 aromatic heterocycles. The van der Waals surface area contributed by atoms with E-state index in [9.17, 15) is 9.59 Å². The summed E-state index contributed by atoms with van der Waals surface area (Å²) in [7, 11) is 0. The van der Waals surface area contributed by atoms with Crippen LogP contribution in [-0.2, 0) is 22.7 Å². The van der Waals surface area contributed by atoms with E-state index >= 15 is 0 Å². The van der Waals surface area contributed by atoms with Crippen molar-refractivity contribution < 1.29 is 9.59 Å². The Morgan fingerprint density at radius 1 is 0.833 bits per heavy atom. The topological polar surface area (TPSA) is 40.6 Å². The third kappa shape index (κ3) is 8.31. The van der Waals surface area contributed by atoms with Crippen molar-refractivity contribution in [2.45, 2.75) is 72.4 Å². The number of carbonyl (C=O) groups is 2. The van der Waals surface area contributed by atoms with Gasteiger partial charge in [0.15, 0.2) is 0 Å². The first-order valence-electron chi connectivity index (χ1n) is 11.2. The van der Waals surface area contributed by atoms with Gasteiger partial charge in [0, 0.05) is 29.3 Å². The molecule has 164 valence electrons. The average Bonchev–Trinajstić information content (AvgIpc) is 3.16. The van der Waals surface area contributed by atoms with E-state index in [-0.39, 0.29) is 18.4 Å². The van der Waals surface area contributed by atoms with Crippen LogP contribution in [-0.4, -0.2) is 34.7 Å². The van der Waals surface area contributed by atoms with Crippen LogP contribution in [0.15, 0.2) is 42.5 Å². The standard InChI is InChI=1S/C25H36N2O2S/c1-4-6-9-14-24(28)26(17-7-5-2)20-25(29)27(18-22-12-10-8-11-13-22)19-23-16-15-21(3)30-23/h8,10-13,15-16H,4-7,9,14,17-20H2,1-3H3. The molecule has 2 amide bonds. The maximum Gasteiger partial charge on any atom is 0.242 e. The fourth-order valence-electron chi connectivity index (χ4n) is 3.38. The summed E-state index contributed by atoms with van der Waals surface area (Å²) in [5.74, 6) is 0.127. The van der Waals surface area contributed by atoms with Crippen LogP contribution in [0.4, 0.5) is 0 Å². The molecule has 0 radical (unpaired) electrons. The molecular weight excluding hydrogens is 392 g/mol. The Labute approximate surface area is 185 Å². The van der Waals surface area contributed by atoms with Gasteiger partial charge in [-0.15, -0.1) is 11.3 Å². The minimum Gasteiger partial charge on any atom is -0.333 e. The summed E-state index contributed by atoms with van der Waals surface area (Å²) in [6, 6.07) is 14.3. The minimum absolute atomic E-state index is 0.0184. The Morgan fingerprint density at radius 3 is 2.20 bits per heavy atom. The van der Waals surface area contributed by atoms with Crippen molar-refractivity contribution >= 4 is 23.2 Å². The summed E-state index contributed by atoms with van der Waals surface area (Å²) in [5.41, 5.74) is 1.11. The Kier molecular flexibility index (Phi) is 10.6. The maximum atomic E-state index is 13.3. The van der Waals surface area contributed by atoms with Gasteiger partial charge < -0.3 is 9.80 Å². The van der Waals surface area contributed by atoms with Crippen molar-refractivity contribution in [3.63, 3.8) is 0 Å². The summed E-state index contributed by atoms with van der Waals surface area (Å²) in [6.07, 6.45) is 5.51. The lowest BCUT2D eigenvalue weighted by Gasteiger charge is -2.28. The lowest BCUT2D eigenvalue weighted by Crippen LogP contribution is -2.42. The summed E-state index contributed by atoms with van der Waals surface area (Å²) in [4.78, 5) is 32.1. The number of nitrogens with zero attached hydrogens (tertiary/aromatic N) is 2. The van der Waals surface area contributed by atoms with Crippen molar-refractivity contribution in [2.24, 2.45) is 0 Å². The summed E-state index contributed by atoms with van der Waals surface area (Å²) < 4.78 is 0. The van der Waals surface area contributed by atoms with Gasteiger partial charge in [-0.05, 0) is 37.5 Å². The first kappa shape index (κ1) is 24.1. The second-order valence-electron chi connectivity index (χ2n) is 7.87. The maximum absolute atomic E-state index is 13.3. The average molecular weight is 429 g/mol. The van der Waals surface area contributed by atoms with Crippen LogP contribution in [0.1, 0.15) is 67.7 Å². The predicted molar refractivity (Wildman–Crippen MR) is 125 cm³/mol. The molecule has 0 saturated heterocycles. The fraction of sp³-hybridized carbons (Fsp3) is 0.520. The highest BCUT2D eigenvalue weighted by atomic mass is 32.1. The van der Waals surface area contributed by atoms with Crippen LogP contribution >= 0.6 is 11.3 Å². The van der Waals surface area contributed by atoms with Crippen molar-refractivity contribution in [3.8, 4) is 0 Å². The van der Waals surface area contributed by atoms with Gasteiger partial charge in [-0.2, -0.15) is 0 Å². The molecule has 0 unspecified atom stereocenters. The van der Waals surface area contributed by atoms with Gasteiger partial charge in [-0.25, -0.2) is 0 Å². The molecule has 0 bridgehead atoms. The monoisotopic (exact) mass is 428 g/mol. The molecule has 0 spiro atoms. The van der Waals surface area contributed by atoms with E-state index in [0.29, 0.717) is 26.1 Å². The molecular formula is C25H36N2O2S. The van der Waals surface area contributed by atoms with E-state index in [2.05, 4.69) is 32.9 Å². The van der Waals surface area contributed by atoms with Crippen molar-refractivity contribution in [1.82, 2.24) is 9.80 Å². The van der Waals surface area contributed by atoms with Crippen LogP contribution in [0.3, 0.4) is 0 Å². The molecule has 30 heavy (non-hydrogen) atoms. The van der Waals surface area contributed by atoms with E-state index in [1.807, 2.05) is 35.2 Å². The van der Waals surface area contributed by atoms with Crippen molar-refractivity contribution in [1.29, 1.82) is 0 Å². The summed E-state index contributed by atoms with van der Waals surface area (Å²) in [5, 5.41) is 0. The van der Waals surface area contributed by atoms with E-state index in [0.717, 1.165) is 37.7 Å². The van der Waals surface area contributed by atoms with Crippen LogP contribution < -0.4 is 0 Å². The molecule has 5 heteroatoms. The normalized spacial score (nSPS) is 10.8. The quantitative estimate of drug-likeness (QED) is 0.379. The first-order chi connectivity index (χ1) is 14.5. The fourth-order valence-corrected chi connectivity index (χ4v) is 4.29. The van der Waals surface area contributed by atoms with E-state index in [1.54, 1.807) is 16.2 Å². The number of rotatable bonds is 13. The second-order valence-corrected chi connectivity index (χ2v) is 9.25. The Balaban J connectivity index is 2.10. The molecule has 0 aliphatic heterocycles. The zero-order valence-corrected chi connectivity index (χ0v) is 19.5. The molecule has 4 nitrogen and oxygen atoms in total. The summed E-state index contributed by atoms with van der Waals surface area (Å²) in [6.45, 7) is 8.30. The molecule has 0 aliphatic carbocycles. The zero-order chi connectivity index (χ0) is 21.8. The number of benzene rings is 1. The van der Waals surface area contributed by atoms with Gasteiger partial charge in [0.2, 0.25) is 11.8 Å². The Hall–Kier alpha value is -2.14. The van der Waals surface area contributed by atoms with Gasteiger partial charge in [0.25, 0.3) is 0 Å². The number of hydrogen-bond donors (Lipinski definition) is 0. The summed E-state index contributed by atoms with van der Waals surface area (Å²) >= 11 is 1.72. The van der Waals surface area contributed by atoms with Crippen molar-refractivity contribution in [2.75, 3.05) is 13.1 Å². The number of amides is 2. The number of hydrogen-bond acceptors (Lipinski definition) is 3. The van der Waals surface area contributed by atoms with Gasteiger partial charge in [-0.3, -0.25) is 9.59 Å². The SMILES string of the molecule is CCCCCC(=O)N(CCCC)CC(=O)N(Cc1ccccc1)Cc1ccc(C)s1. The smallest absolute Gasteiger partial charge is 0.242 e. The molecule has 2 rings (SSSR count). The van der Waals surface area contributed by atoms with E-state index in [1.165, 1.54) is 9.75 Å². The number of thiophene rings is 1. The van der Waals surface area contributed by atoms with Crippen molar-refractivity contribution in [3.05, 3.63) is 57.8 Å². The highest BCUT2D eigenvalue weighted by Crippen LogP contribution is 2.19. The van der Waals surface area contributed by atoms with Gasteiger partial charge >= 0.3 is 0 Å². The third-order valence-electron chi connectivity index (χ3n) is 5.17. The van der Waals surface area contributed by atoms with Gasteiger partial charge in [0.05, 0.1) is 13.1 Å². The lowest BCUT2D eigenvalue weighted by molar-refractivity contribution is -0.141. The van der Waals surface area contributed by atoms with Gasteiger partial charge in [0.1, 0.15) is 0 Å². The molecule has 0 saturated carbocycles. The molecule has 1 aromatic carbocycles. The van der Waals surface area contributed by atoms with Crippen LogP contribution in [0.2, 0.25) is 0 Å². The number of carbonyl (C=O) groups excluding carboxylic acids is 2. The zero-order valence-electron chi connectivity index (χ0n) is 18.7. The van der Waals surface area contributed by atoms with Gasteiger partial charge in [-0.1, -0.05) is 63.4 Å². The highest BCUT2D eigenvalue weighted by Gasteiger charge is 2.21. The van der Waals surface area contributed by atoms with Crippen LogP contribution in [0.25, 0.3) is 0 Å². The molecule has 0 aliphatic rings. The molecule has 0 N–H and O–H groups in total. The van der Waals surface area contributed by atoms with E-state index in [4.69, 9.17) is 0 Å². The first-order valence-corrected chi connectivity index (χ1v) is 12.0.